The van der Waals surface area contributed by atoms with Gasteiger partial charge in [0, 0.05) is 20.1 Å². The van der Waals surface area contributed by atoms with Crippen molar-refractivity contribution in [2.45, 2.75) is 30.5 Å². The number of hydrogen-bond acceptors (Lipinski definition) is 7. The van der Waals surface area contributed by atoms with E-state index in [1.165, 1.54) is 11.8 Å². The van der Waals surface area contributed by atoms with Crippen molar-refractivity contribution in [3.05, 3.63) is 11.0 Å². The van der Waals surface area contributed by atoms with Crippen LogP contribution in [0.1, 0.15) is 19.8 Å². The standard InChI is InChI=1S/C15H19ClFN5OS/c1-15(23)5-4-6-22(7-15)13-8-10(19-14(21-13)24-3)9(17)11(16)20-12(8)18-2/h23H,4-7H2,1-3H3,(H,18,20)/t15-/m1/s1. The van der Waals surface area contributed by atoms with Crippen LogP contribution in [0.4, 0.5) is 16.0 Å². The maximum absolute atomic E-state index is 14.5. The summed E-state index contributed by atoms with van der Waals surface area (Å²) < 4.78 is 14.5. The van der Waals surface area contributed by atoms with Gasteiger partial charge in [0.1, 0.15) is 17.2 Å². The SMILES string of the molecule is CNc1nc(Cl)c(F)c2nc(SC)nc(N3CCC[C@@](C)(O)C3)c12. The number of piperidine rings is 1. The van der Waals surface area contributed by atoms with Gasteiger partial charge in [-0.3, -0.25) is 0 Å². The molecule has 1 saturated heterocycles. The van der Waals surface area contributed by atoms with Crippen molar-refractivity contribution in [3.63, 3.8) is 0 Å². The Morgan fingerprint density at radius 2 is 2.12 bits per heavy atom. The molecule has 0 spiro atoms. The summed E-state index contributed by atoms with van der Waals surface area (Å²) in [5.74, 6) is 0.328. The van der Waals surface area contributed by atoms with Crippen molar-refractivity contribution in [3.8, 4) is 0 Å². The van der Waals surface area contributed by atoms with E-state index in [1.807, 2.05) is 11.2 Å². The monoisotopic (exact) mass is 371 g/mol. The van der Waals surface area contributed by atoms with Crippen LogP contribution in [0.15, 0.2) is 5.16 Å². The van der Waals surface area contributed by atoms with Crippen molar-refractivity contribution < 1.29 is 9.50 Å². The summed E-state index contributed by atoms with van der Waals surface area (Å²) >= 11 is 7.23. The molecule has 2 aromatic rings. The molecule has 3 heterocycles. The van der Waals surface area contributed by atoms with E-state index in [4.69, 9.17) is 11.6 Å². The van der Waals surface area contributed by atoms with Crippen molar-refractivity contribution in [2.24, 2.45) is 0 Å². The fourth-order valence-corrected chi connectivity index (χ4v) is 3.54. The minimum atomic E-state index is -0.812. The van der Waals surface area contributed by atoms with E-state index < -0.39 is 11.4 Å². The molecule has 130 valence electrons. The van der Waals surface area contributed by atoms with Crippen LogP contribution in [0, 0.1) is 5.82 Å². The molecule has 0 aromatic carbocycles. The summed E-state index contributed by atoms with van der Waals surface area (Å²) in [6.45, 7) is 2.94. The third kappa shape index (κ3) is 3.10. The summed E-state index contributed by atoms with van der Waals surface area (Å²) in [4.78, 5) is 14.9. The largest absolute Gasteiger partial charge is 0.388 e. The number of aliphatic hydroxyl groups is 1. The molecule has 0 saturated carbocycles. The Morgan fingerprint density at radius 3 is 2.75 bits per heavy atom. The van der Waals surface area contributed by atoms with Crippen molar-refractivity contribution in [1.29, 1.82) is 0 Å². The van der Waals surface area contributed by atoms with Gasteiger partial charge in [-0.1, -0.05) is 23.4 Å². The Hall–Kier alpha value is -1.38. The number of β-amino-alcohol motifs (C(OH)–C–C–N with tert-alkyl or cyclic N) is 1. The lowest BCUT2D eigenvalue weighted by atomic mass is 9.95. The number of anilines is 2. The molecule has 3 rings (SSSR count). The zero-order chi connectivity index (χ0) is 17.5. The molecule has 0 bridgehead atoms. The topological polar surface area (TPSA) is 74.2 Å². The van der Waals surface area contributed by atoms with Crippen LogP contribution >= 0.6 is 23.4 Å². The van der Waals surface area contributed by atoms with Gasteiger partial charge in [-0.05, 0) is 26.0 Å². The molecule has 1 aliphatic heterocycles. The van der Waals surface area contributed by atoms with Gasteiger partial charge in [-0.2, -0.15) is 0 Å². The van der Waals surface area contributed by atoms with E-state index >= 15 is 0 Å². The van der Waals surface area contributed by atoms with Gasteiger partial charge >= 0.3 is 0 Å². The van der Waals surface area contributed by atoms with Gasteiger partial charge < -0.3 is 15.3 Å². The van der Waals surface area contributed by atoms with Crippen LogP contribution in [0.5, 0.6) is 0 Å². The summed E-state index contributed by atoms with van der Waals surface area (Å²) in [6, 6.07) is 0. The molecule has 24 heavy (non-hydrogen) atoms. The average molecular weight is 372 g/mol. The second-order valence-corrected chi connectivity index (χ2v) is 7.23. The quantitative estimate of drug-likeness (QED) is 0.488. The lowest BCUT2D eigenvalue weighted by molar-refractivity contribution is 0.0447. The summed E-state index contributed by atoms with van der Waals surface area (Å²) in [5, 5.41) is 14.1. The zero-order valence-electron chi connectivity index (χ0n) is 13.7. The van der Waals surface area contributed by atoms with Crippen LogP contribution in [0.3, 0.4) is 0 Å². The number of hydrogen-bond donors (Lipinski definition) is 2. The van der Waals surface area contributed by atoms with E-state index in [-0.39, 0.29) is 10.7 Å². The highest BCUT2D eigenvalue weighted by Crippen LogP contribution is 2.36. The number of nitrogens with zero attached hydrogens (tertiary/aromatic N) is 4. The first-order valence-electron chi connectivity index (χ1n) is 7.62. The molecule has 2 N–H and O–H groups in total. The van der Waals surface area contributed by atoms with Gasteiger partial charge in [-0.25, -0.2) is 19.3 Å². The Kier molecular flexibility index (Phi) is 4.72. The molecular weight excluding hydrogens is 353 g/mol. The molecule has 0 radical (unpaired) electrons. The highest BCUT2D eigenvalue weighted by molar-refractivity contribution is 7.98. The second-order valence-electron chi connectivity index (χ2n) is 6.09. The van der Waals surface area contributed by atoms with E-state index in [0.29, 0.717) is 28.7 Å². The van der Waals surface area contributed by atoms with Crippen LogP contribution in [-0.2, 0) is 0 Å². The van der Waals surface area contributed by atoms with Crippen LogP contribution in [0.25, 0.3) is 10.9 Å². The second kappa shape index (κ2) is 6.50. The molecule has 1 aliphatic rings. The highest BCUT2D eigenvalue weighted by Gasteiger charge is 2.31. The van der Waals surface area contributed by atoms with E-state index in [9.17, 15) is 9.50 Å². The average Bonchev–Trinajstić information content (AvgIpc) is 2.56. The van der Waals surface area contributed by atoms with Gasteiger partial charge in [0.25, 0.3) is 0 Å². The van der Waals surface area contributed by atoms with Crippen LogP contribution < -0.4 is 10.2 Å². The molecule has 1 fully saturated rings. The van der Waals surface area contributed by atoms with Crippen molar-refractivity contribution >= 4 is 45.9 Å². The normalized spacial score (nSPS) is 21.3. The Bertz CT molecular complexity index is 788. The third-order valence-electron chi connectivity index (χ3n) is 4.10. The fraction of sp³-hybridized carbons (Fsp3) is 0.533. The van der Waals surface area contributed by atoms with E-state index in [1.54, 1.807) is 14.0 Å². The van der Waals surface area contributed by atoms with E-state index in [0.717, 1.165) is 19.4 Å². The Balaban J connectivity index is 2.27. The van der Waals surface area contributed by atoms with Gasteiger partial charge in [0.15, 0.2) is 16.1 Å². The number of fused-ring (bicyclic) bond motifs is 1. The highest BCUT2D eigenvalue weighted by atomic mass is 35.5. The zero-order valence-corrected chi connectivity index (χ0v) is 15.3. The molecule has 0 aliphatic carbocycles. The summed E-state index contributed by atoms with van der Waals surface area (Å²) in [5.41, 5.74) is -0.674. The van der Waals surface area contributed by atoms with Gasteiger partial charge in [-0.15, -0.1) is 0 Å². The first-order valence-corrected chi connectivity index (χ1v) is 9.22. The number of rotatable bonds is 3. The van der Waals surface area contributed by atoms with Gasteiger partial charge in [0.05, 0.1) is 11.0 Å². The first kappa shape index (κ1) is 17.4. The minimum absolute atomic E-state index is 0.138. The van der Waals surface area contributed by atoms with Gasteiger partial charge in [0.2, 0.25) is 0 Å². The minimum Gasteiger partial charge on any atom is -0.388 e. The number of thioether (sulfide) groups is 1. The van der Waals surface area contributed by atoms with Crippen molar-refractivity contribution in [2.75, 3.05) is 36.6 Å². The predicted octanol–water partition coefficient (Wildman–Crippen LogP) is 2.93. The number of halogens is 2. The number of aromatic nitrogens is 3. The molecule has 1 atom stereocenters. The third-order valence-corrected chi connectivity index (χ3v) is 4.90. The Morgan fingerprint density at radius 1 is 1.38 bits per heavy atom. The van der Waals surface area contributed by atoms with Crippen LogP contribution in [0.2, 0.25) is 5.15 Å². The Labute approximate surface area is 148 Å². The number of pyridine rings is 1. The molecule has 2 aromatic heterocycles. The predicted molar refractivity (Wildman–Crippen MR) is 95.7 cm³/mol. The fourth-order valence-electron chi connectivity index (χ4n) is 3.01. The molecular formula is C15H19ClFN5OS. The maximum atomic E-state index is 14.5. The molecule has 0 amide bonds. The number of nitrogens with one attached hydrogen (secondary N) is 1. The summed E-state index contributed by atoms with van der Waals surface area (Å²) in [6.07, 6.45) is 3.38. The lowest BCUT2D eigenvalue weighted by Crippen LogP contribution is -2.46. The molecule has 6 nitrogen and oxygen atoms in total. The maximum Gasteiger partial charge on any atom is 0.189 e. The summed E-state index contributed by atoms with van der Waals surface area (Å²) in [7, 11) is 1.69. The van der Waals surface area contributed by atoms with E-state index in [2.05, 4.69) is 20.3 Å². The molecule has 9 heteroatoms. The van der Waals surface area contributed by atoms with Crippen molar-refractivity contribution in [1.82, 2.24) is 15.0 Å². The first-order chi connectivity index (χ1) is 11.4. The lowest BCUT2D eigenvalue weighted by Gasteiger charge is -2.38. The molecule has 0 unspecified atom stereocenters. The smallest absolute Gasteiger partial charge is 0.189 e. The van der Waals surface area contributed by atoms with Crippen LogP contribution in [-0.4, -0.2) is 52.1 Å².